The van der Waals surface area contributed by atoms with Crippen molar-refractivity contribution in [1.82, 2.24) is 5.01 Å². The van der Waals surface area contributed by atoms with Crippen molar-refractivity contribution in [2.24, 2.45) is 16.0 Å². The van der Waals surface area contributed by atoms with E-state index in [-0.39, 0.29) is 17.1 Å². The second-order valence-corrected chi connectivity index (χ2v) is 9.61. The average molecular weight is 478 g/mol. The summed E-state index contributed by atoms with van der Waals surface area (Å²) in [6.07, 6.45) is 9.83. The summed E-state index contributed by atoms with van der Waals surface area (Å²) < 4.78 is 5.79. The van der Waals surface area contributed by atoms with Gasteiger partial charge >= 0.3 is 0 Å². The highest BCUT2D eigenvalue weighted by Gasteiger charge is 2.35. The number of rotatable bonds is 6. The zero-order valence-corrected chi connectivity index (χ0v) is 19.2. The molecule has 3 heterocycles. The van der Waals surface area contributed by atoms with Gasteiger partial charge in [-0.25, -0.2) is 0 Å². The summed E-state index contributed by atoms with van der Waals surface area (Å²) >= 11 is 1.36. The lowest BCUT2D eigenvalue weighted by molar-refractivity contribution is -0.384. The van der Waals surface area contributed by atoms with Crippen LogP contribution in [0.3, 0.4) is 0 Å². The molecule has 1 aromatic heterocycles. The van der Waals surface area contributed by atoms with Crippen LogP contribution in [0.2, 0.25) is 0 Å². The molecule has 10 heteroatoms. The maximum Gasteiger partial charge on any atom is 0.283 e. The predicted octanol–water partition coefficient (Wildman–Crippen LogP) is 5.83. The molecule has 174 valence electrons. The van der Waals surface area contributed by atoms with Gasteiger partial charge in [-0.2, -0.15) is 15.1 Å². The molecular formula is C24H23N5O4S. The van der Waals surface area contributed by atoms with Crippen LogP contribution < -0.4 is 0 Å². The Morgan fingerprint density at radius 1 is 1.24 bits per heavy atom. The maximum atomic E-state index is 12.7. The lowest BCUT2D eigenvalue weighted by Gasteiger charge is -2.20. The minimum Gasteiger partial charge on any atom is -0.457 e. The number of thioether (sulfide) groups is 1. The van der Waals surface area contributed by atoms with E-state index < -0.39 is 10.8 Å². The largest absolute Gasteiger partial charge is 0.457 e. The van der Waals surface area contributed by atoms with Crippen LogP contribution >= 0.6 is 11.8 Å². The fourth-order valence-corrected chi connectivity index (χ4v) is 5.34. The monoisotopic (exact) mass is 477 g/mol. The van der Waals surface area contributed by atoms with Gasteiger partial charge in [0, 0.05) is 17.7 Å². The number of benzene rings is 1. The summed E-state index contributed by atoms with van der Waals surface area (Å²) in [6, 6.07) is 9.44. The van der Waals surface area contributed by atoms with E-state index in [1.54, 1.807) is 24.3 Å². The van der Waals surface area contributed by atoms with Crippen LogP contribution in [0.5, 0.6) is 0 Å². The third-order valence-corrected chi connectivity index (χ3v) is 7.21. The van der Waals surface area contributed by atoms with E-state index in [2.05, 4.69) is 10.1 Å². The predicted molar refractivity (Wildman–Crippen MR) is 132 cm³/mol. The molecule has 2 aromatic rings. The van der Waals surface area contributed by atoms with Gasteiger partial charge in [-0.3, -0.25) is 20.3 Å². The summed E-state index contributed by atoms with van der Waals surface area (Å²) in [5.74, 6) is 0.951. The number of hydrogen-bond donors (Lipinski definition) is 1. The number of aliphatic imine (C=N–C) groups is 1. The Morgan fingerprint density at radius 2 is 2.06 bits per heavy atom. The standard InChI is InChI=1S/C24H23N5O4S/c25-22-19(14-18-10-11-20(33-18)16-7-4-8-17(13-16)29(31)32)23(30)26-24-28(22)27-21(34-24)12-9-15-5-2-1-3-6-15/h4,7-8,10-11,13-15,25H,1-3,5-6,9,12H2. The Labute approximate surface area is 200 Å². The SMILES string of the molecule is N=C1C(=Cc2ccc(-c3cccc([N+](=O)[O-])c3)o2)C(=O)N=C2SC(CCC3CCCCC3)=NN12. The first-order valence-corrected chi connectivity index (χ1v) is 12.1. The van der Waals surface area contributed by atoms with Gasteiger partial charge in [0.25, 0.3) is 11.6 Å². The second-order valence-electron chi connectivity index (χ2n) is 8.57. The molecule has 5 rings (SSSR count). The fraction of sp³-hybridized carbons (Fsp3) is 0.333. The van der Waals surface area contributed by atoms with E-state index in [0.717, 1.165) is 23.8 Å². The molecule has 1 saturated carbocycles. The van der Waals surface area contributed by atoms with Gasteiger partial charge in [-0.1, -0.05) is 44.2 Å². The lowest BCUT2D eigenvalue weighted by Crippen LogP contribution is -2.35. The van der Waals surface area contributed by atoms with Gasteiger partial charge in [-0.05, 0) is 48.7 Å². The number of nitro benzene ring substituents is 1. The van der Waals surface area contributed by atoms with Gasteiger partial charge in [0.2, 0.25) is 5.17 Å². The summed E-state index contributed by atoms with van der Waals surface area (Å²) in [5.41, 5.74) is 0.595. The Kier molecular flexibility index (Phi) is 6.14. The molecule has 1 amide bonds. The summed E-state index contributed by atoms with van der Waals surface area (Å²) in [5, 5.41) is 26.8. The minimum atomic E-state index is -0.513. The molecule has 0 saturated heterocycles. The van der Waals surface area contributed by atoms with E-state index in [0.29, 0.717) is 22.3 Å². The van der Waals surface area contributed by atoms with Gasteiger partial charge in [-0.15, -0.1) is 0 Å². The number of hydrogen-bond acceptors (Lipinski definition) is 7. The maximum absolute atomic E-state index is 12.7. The number of non-ortho nitro benzene ring substituents is 1. The number of hydrazone groups is 1. The molecule has 1 aliphatic carbocycles. The van der Waals surface area contributed by atoms with E-state index in [1.807, 2.05) is 0 Å². The van der Waals surface area contributed by atoms with Crippen molar-refractivity contribution in [3.63, 3.8) is 0 Å². The molecule has 0 bridgehead atoms. The third-order valence-electron chi connectivity index (χ3n) is 6.24. The number of nitrogens with one attached hydrogen (secondary N) is 1. The fourth-order valence-electron chi connectivity index (χ4n) is 4.44. The van der Waals surface area contributed by atoms with Crippen LogP contribution in [0.1, 0.15) is 50.7 Å². The van der Waals surface area contributed by atoms with E-state index >= 15 is 0 Å². The van der Waals surface area contributed by atoms with Crippen LogP contribution in [0.4, 0.5) is 5.69 Å². The molecule has 0 atom stereocenters. The molecule has 0 unspecified atom stereocenters. The molecule has 9 nitrogen and oxygen atoms in total. The van der Waals surface area contributed by atoms with Crippen LogP contribution in [0.25, 0.3) is 17.4 Å². The van der Waals surface area contributed by atoms with Crippen molar-refractivity contribution in [2.75, 3.05) is 0 Å². The van der Waals surface area contributed by atoms with Crippen molar-refractivity contribution < 1.29 is 14.1 Å². The third kappa shape index (κ3) is 4.58. The zero-order chi connectivity index (χ0) is 23.7. The van der Waals surface area contributed by atoms with E-state index in [9.17, 15) is 14.9 Å². The number of carbonyl (C=O) groups is 1. The summed E-state index contributed by atoms with van der Waals surface area (Å²) in [7, 11) is 0. The number of carbonyl (C=O) groups excluding carboxylic acids is 1. The van der Waals surface area contributed by atoms with Crippen LogP contribution in [0, 0.1) is 21.4 Å². The van der Waals surface area contributed by atoms with E-state index in [1.165, 1.54) is 67.1 Å². The topological polar surface area (TPSA) is 125 Å². The molecule has 0 spiro atoms. The van der Waals surface area contributed by atoms with Crippen molar-refractivity contribution in [2.45, 2.75) is 44.9 Å². The van der Waals surface area contributed by atoms with Crippen LogP contribution in [-0.4, -0.2) is 31.9 Å². The average Bonchev–Trinajstić information content (AvgIpc) is 3.48. The number of furan rings is 1. The summed E-state index contributed by atoms with van der Waals surface area (Å²) in [4.78, 5) is 27.4. The summed E-state index contributed by atoms with van der Waals surface area (Å²) in [6.45, 7) is 0. The highest BCUT2D eigenvalue weighted by Crippen LogP contribution is 2.33. The molecule has 0 radical (unpaired) electrons. The second kappa shape index (κ2) is 9.38. The number of nitro groups is 1. The Morgan fingerprint density at radius 3 is 2.85 bits per heavy atom. The van der Waals surface area contributed by atoms with Crippen molar-refractivity contribution >= 4 is 45.5 Å². The highest BCUT2D eigenvalue weighted by atomic mass is 32.2. The lowest BCUT2D eigenvalue weighted by atomic mass is 9.86. The van der Waals surface area contributed by atoms with Gasteiger partial charge in [0.15, 0.2) is 5.84 Å². The molecule has 1 aromatic carbocycles. The van der Waals surface area contributed by atoms with Gasteiger partial charge in [0.1, 0.15) is 16.6 Å². The molecule has 1 N–H and O–H groups in total. The van der Waals surface area contributed by atoms with Gasteiger partial charge in [0.05, 0.1) is 10.5 Å². The van der Waals surface area contributed by atoms with E-state index in [4.69, 9.17) is 9.83 Å². The molecule has 1 fully saturated rings. The number of amidine groups is 2. The Hall–Kier alpha value is -3.53. The quantitative estimate of drug-likeness (QED) is 0.317. The number of amides is 1. The Bertz CT molecular complexity index is 1260. The first-order chi connectivity index (χ1) is 16.5. The normalized spacial score (nSPS) is 19.9. The van der Waals surface area contributed by atoms with Crippen LogP contribution in [-0.2, 0) is 4.79 Å². The van der Waals surface area contributed by atoms with Gasteiger partial charge < -0.3 is 4.42 Å². The van der Waals surface area contributed by atoms with Crippen LogP contribution in [0.15, 0.2) is 56.5 Å². The molecular weight excluding hydrogens is 454 g/mol. The zero-order valence-electron chi connectivity index (χ0n) is 18.4. The smallest absolute Gasteiger partial charge is 0.283 e. The number of fused-ring (bicyclic) bond motifs is 1. The van der Waals surface area contributed by atoms with Crippen molar-refractivity contribution in [3.8, 4) is 11.3 Å². The molecule has 3 aliphatic rings. The Balaban J connectivity index is 1.32. The first kappa shape index (κ1) is 22.3. The molecule has 2 aliphatic heterocycles. The first-order valence-electron chi connectivity index (χ1n) is 11.3. The highest BCUT2D eigenvalue weighted by molar-refractivity contribution is 8.26. The minimum absolute atomic E-state index is 0.0383. The van der Waals surface area contributed by atoms with Crippen molar-refractivity contribution in [3.05, 3.63) is 57.8 Å². The molecule has 34 heavy (non-hydrogen) atoms. The van der Waals surface area contributed by atoms with Crippen molar-refractivity contribution in [1.29, 1.82) is 5.41 Å². The number of nitrogens with zero attached hydrogens (tertiary/aromatic N) is 4.